The second-order valence-electron chi connectivity index (χ2n) is 3.70. The number of H-pyrrole nitrogens is 1. The summed E-state index contributed by atoms with van der Waals surface area (Å²) in [6.07, 6.45) is 0. The molecule has 18 heavy (non-hydrogen) atoms. The van der Waals surface area contributed by atoms with Gasteiger partial charge in [0.25, 0.3) is 11.5 Å². The van der Waals surface area contributed by atoms with E-state index in [0.29, 0.717) is 15.6 Å². The fourth-order valence-electron chi connectivity index (χ4n) is 1.82. The number of hydrogen-bond acceptors (Lipinski definition) is 6. The Kier molecular flexibility index (Phi) is 2.13. The first kappa shape index (κ1) is 11.1. The predicted molar refractivity (Wildman–Crippen MR) is 72.4 cm³/mol. The lowest BCUT2D eigenvalue weighted by Gasteiger charge is -1.96. The van der Waals surface area contributed by atoms with Crippen molar-refractivity contribution < 1.29 is 9.90 Å². The molecule has 3 heterocycles. The Morgan fingerprint density at radius 3 is 2.78 bits per heavy atom. The van der Waals surface area contributed by atoms with Crippen LogP contribution >= 0.6 is 22.7 Å². The second-order valence-corrected chi connectivity index (χ2v) is 6.00. The molecule has 0 aromatic carbocycles. The minimum absolute atomic E-state index is 0.0952. The van der Waals surface area contributed by atoms with Crippen LogP contribution in [-0.4, -0.2) is 16.0 Å². The summed E-state index contributed by atoms with van der Waals surface area (Å²) in [4.78, 5) is 25.4. The average molecular weight is 281 g/mol. The molecule has 0 atom stereocenters. The van der Waals surface area contributed by atoms with Gasteiger partial charge in [-0.15, -0.1) is 22.7 Å². The summed E-state index contributed by atoms with van der Waals surface area (Å²) in [6.45, 7) is 0. The van der Waals surface area contributed by atoms with E-state index in [-0.39, 0.29) is 16.3 Å². The van der Waals surface area contributed by atoms with Crippen LogP contribution in [0.1, 0.15) is 9.67 Å². The minimum Gasteiger partial charge on any atom is -0.506 e. The van der Waals surface area contributed by atoms with Gasteiger partial charge in [0.2, 0.25) is 0 Å². The van der Waals surface area contributed by atoms with E-state index in [1.54, 1.807) is 0 Å². The molecule has 0 fully saturated rings. The van der Waals surface area contributed by atoms with Gasteiger partial charge in [0, 0.05) is 6.07 Å². The summed E-state index contributed by atoms with van der Waals surface area (Å²) < 4.78 is 1.28. The van der Waals surface area contributed by atoms with Gasteiger partial charge in [-0.2, -0.15) is 0 Å². The van der Waals surface area contributed by atoms with Crippen LogP contribution < -0.4 is 17.0 Å². The molecule has 0 aliphatic heterocycles. The van der Waals surface area contributed by atoms with E-state index in [2.05, 4.69) is 4.98 Å². The van der Waals surface area contributed by atoms with Crippen molar-refractivity contribution in [3.8, 4) is 5.75 Å². The number of pyridine rings is 1. The van der Waals surface area contributed by atoms with Crippen molar-refractivity contribution in [3.05, 3.63) is 21.3 Å². The van der Waals surface area contributed by atoms with Crippen LogP contribution in [0.15, 0.2) is 10.9 Å². The topological polar surface area (TPSA) is 122 Å². The Bertz CT molecular complexity index is 859. The Morgan fingerprint density at radius 1 is 1.39 bits per heavy atom. The summed E-state index contributed by atoms with van der Waals surface area (Å²) >= 11 is 2.42. The van der Waals surface area contributed by atoms with Gasteiger partial charge in [-0.05, 0) is 0 Å². The number of nitrogens with two attached hydrogens (primary N) is 2. The molecular weight excluding hydrogens is 274 g/mol. The molecule has 0 unspecified atom stereocenters. The lowest BCUT2D eigenvalue weighted by atomic mass is 10.2. The number of thiophene rings is 2. The van der Waals surface area contributed by atoms with E-state index >= 15 is 0 Å². The first-order valence-electron chi connectivity index (χ1n) is 4.85. The molecule has 1 amide bonds. The Morgan fingerprint density at radius 2 is 2.11 bits per heavy atom. The highest BCUT2D eigenvalue weighted by atomic mass is 32.2. The van der Waals surface area contributed by atoms with Crippen molar-refractivity contribution in [1.29, 1.82) is 0 Å². The zero-order valence-corrected chi connectivity index (χ0v) is 10.4. The number of aromatic hydroxyl groups is 1. The third kappa shape index (κ3) is 1.33. The molecule has 0 saturated heterocycles. The molecule has 3 aromatic heterocycles. The maximum Gasteiger partial charge on any atom is 0.260 e. The molecule has 6 nitrogen and oxygen atoms in total. The van der Waals surface area contributed by atoms with Gasteiger partial charge in [0.1, 0.15) is 10.6 Å². The average Bonchev–Trinajstić information content (AvgIpc) is 2.77. The number of nitrogen functional groups attached to an aromatic ring is 1. The zero-order valence-electron chi connectivity index (χ0n) is 8.81. The van der Waals surface area contributed by atoms with Gasteiger partial charge in [-0.25, -0.2) is 0 Å². The van der Waals surface area contributed by atoms with Gasteiger partial charge in [0.05, 0.1) is 25.3 Å². The normalized spacial score (nSPS) is 11.3. The number of carbonyl (C=O) groups excluding carboxylic acids is 1. The number of fused-ring (bicyclic) bond motifs is 3. The highest BCUT2D eigenvalue weighted by Crippen LogP contribution is 2.45. The van der Waals surface area contributed by atoms with E-state index < -0.39 is 11.5 Å². The number of primary amides is 1. The number of amides is 1. The Hall–Kier alpha value is -2.06. The van der Waals surface area contributed by atoms with E-state index in [1.165, 1.54) is 11.3 Å². The molecular formula is C10H7N3O3S2. The fraction of sp³-hybridized carbons (Fsp3) is 0. The van der Waals surface area contributed by atoms with Crippen LogP contribution in [0.25, 0.3) is 19.6 Å². The van der Waals surface area contributed by atoms with Crippen LogP contribution in [0, 0.1) is 0 Å². The summed E-state index contributed by atoms with van der Waals surface area (Å²) in [5.41, 5.74) is 11.3. The molecule has 8 heteroatoms. The largest absolute Gasteiger partial charge is 0.506 e. The van der Waals surface area contributed by atoms with Gasteiger partial charge in [-0.1, -0.05) is 0 Å². The van der Waals surface area contributed by atoms with Crippen molar-refractivity contribution in [1.82, 2.24) is 4.98 Å². The van der Waals surface area contributed by atoms with Gasteiger partial charge in [0.15, 0.2) is 0 Å². The number of rotatable bonds is 1. The van der Waals surface area contributed by atoms with E-state index in [9.17, 15) is 14.7 Å². The fourth-order valence-corrected chi connectivity index (χ4v) is 4.22. The van der Waals surface area contributed by atoms with Crippen molar-refractivity contribution in [2.45, 2.75) is 0 Å². The number of anilines is 1. The quantitative estimate of drug-likeness (QED) is 0.535. The van der Waals surface area contributed by atoms with Crippen LogP contribution in [0.2, 0.25) is 0 Å². The summed E-state index contributed by atoms with van der Waals surface area (Å²) in [5.74, 6) is -0.696. The molecule has 92 valence electrons. The lowest BCUT2D eigenvalue weighted by Crippen LogP contribution is -2.10. The maximum atomic E-state index is 11.4. The predicted octanol–water partition coefficient (Wildman–Crippen LogP) is 1.19. The van der Waals surface area contributed by atoms with Gasteiger partial charge in [-0.3, -0.25) is 9.59 Å². The monoisotopic (exact) mass is 281 g/mol. The molecule has 0 saturated carbocycles. The second kappa shape index (κ2) is 3.47. The van der Waals surface area contributed by atoms with Gasteiger partial charge < -0.3 is 21.6 Å². The molecule has 0 spiro atoms. The highest BCUT2D eigenvalue weighted by Gasteiger charge is 2.20. The van der Waals surface area contributed by atoms with Crippen LogP contribution in [0.3, 0.4) is 0 Å². The SMILES string of the molecule is NC(=O)c1sc2sc3c(O)cc(=O)[nH]c3c2c1N. The van der Waals surface area contributed by atoms with Crippen molar-refractivity contribution >= 4 is 53.9 Å². The van der Waals surface area contributed by atoms with E-state index in [4.69, 9.17) is 11.5 Å². The third-order valence-corrected chi connectivity index (χ3v) is 5.08. The van der Waals surface area contributed by atoms with E-state index in [1.807, 2.05) is 0 Å². The van der Waals surface area contributed by atoms with Crippen molar-refractivity contribution in [2.24, 2.45) is 5.73 Å². The third-order valence-electron chi connectivity index (χ3n) is 2.56. The molecule has 0 radical (unpaired) electrons. The molecule has 3 aromatic rings. The lowest BCUT2D eigenvalue weighted by molar-refractivity contribution is 0.100. The molecule has 0 aliphatic carbocycles. The maximum absolute atomic E-state index is 11.4. The Labute approximate surface area is 107 Å². The smallest absolute Gasteiger partial charge is 0.260 e. The number of nitrogens with one attached hydrogen (secondary N) is 1. The highest BCUT2D eigenvalue weighted by molar-refractivity contribution is 7.42. The summed E-state index contributed by atoms with van der Waals surface area (Å²) in [6, 6.07) is 1.10. The zero-order chi connectivity index (χ0) is 13.0. The van der Waals surface area contributed by atoms with E-state index in [0.717, 1.165) is 21.4 Å². The Balaban J connectivity index is 2.55. The van der Waals surface area contributed by atoms with Crippen molar-refractivity contribution in [3.63, 3.8) is 0 Å². The van der Waals surface area contributed by atoms with Gasteiger partial charge >= 0.3 is 0 Å². The molecule has 3 rings (SSSR count). The van der Waals surface area contributed by atoms with Crippen LogP contribution in [0.4, 0.5) is 5.69 Å². The van der Waals surface area contributed by atoms with Crippen LogP contribution in [-0.2, 0) is 0 Å². The standard InChI is InChI=1S/C10H7N3O3S2/c11-5-4-6-7(2(14)1-3(15)13-6)17-10(4)18-8(5)9(12)16/h1H,11H2,(H2,12,16)(H2,13,14,15). The first-order valence-corrected chi connectivity index (χ1v) is 6.49. The number of hydrogen-bond donors (Lipinski definition) is 4. The molecule has 0 aliphatic rings. The number of aromatic amines is 1. The number of carbonyl (C=O) groups is 1. The first-order chi connectivity index (χ1) is 8.49. The molecule has 6 N–H and O–H groups in total. The number of aromatic nitrogens is 1. The minimum atomic E-state index is -0.600. The summed E-state index contributed by atoms with van der Waals surface area (Å²) in [7, 11) is 0. The van der Waals surface area contributed by atoms with Crippen LogP contribution in [0.5, 0.6) is 5.75 Å². The summed E-state index contributed by atoms with van der Waals surface area (Å²) in [5, 5.41) is 10.3. The molecule has 0 bridgehead atoms. The van der Waals surface area contributed by atoms with Crippen molar-refractivity contribution in [2.75, 3.05) is 5.73 Å².